The summed E-state index contributed by atoms with van der Waals surface area (Å²) in [6.45, 7) is 0. The maximum Gasteiger partial charge on any atom is 0.336 e. The first kappa shape index (κ1) is 16.1. The van der Waals surface area contributed by atoms with Gasteiger partial charge in [-0.3, -0.25) is 0 Å². The summed E-state index contributed by atoms with van der Waals surface area (Å²) in [5.41, 5.74) is 4.17. The van der Waals surface area contributed by atoms with Crippen LogP contribution in [0.2, 0.25) is 0 Å². The Balaban J connectivity index is 2.02. The van der Waals surface area contributed by atoms with Gasteiger partial charge < -0.3 is 14.9 Å². The number of carboxylic acids is 1. The highest BCUT2D eigenvalue weighted by Crippen LogP contribution is 2.30. The van der Waals surface area contributed by atoms with Gasteiger partial charge in [0.25, 0.3) is 0 Å². The molecule has 2 aromatic carbocycles. The highest BCUT2D eigenvalue weighted by atomic mass is 16.5. The van der Waals surface area contributed by atoms with Gasteiger partial charge in [-0.15, -0.1) is 0 Å². The molecule has 1 aliphatic carbocycles. The van der Waals surface area contributed by atoms with Crippen LogP contribution in [0.1, 0.15) is 35.1 Å². The first-order valence-corrected chi connectivity index (χ1v) is 8.02. The minimum absolute atomic E-state index is 0.0281. The molecule has 0 saturated heterocycles. The maximum absolute atomic E-state index is 11.7. The third-order valence-electron chi connectivity index (χ3n) is 4.40. The minimum Gasteiger partial charge on any atom is -0.504 e. The third-order valence-corrected chi connectivity index (χ3v) is 4.40. The molecule has 0 heterocycles. The quantitative estimate of drug-likeness (QED) is 0.661. The molecule has 4 heteroatoms. The number of ether oxygens (including phenoxy) is 1. The molecule has 0 fully saturated rings. The van der Waals surface area contributed by atoms with Crippen molar-refractivity contribution in [2.75, 3.05) is 7.11 Å². The van der Waals surface area contributed by atoms with E-state index in [0.717, 1.165) is 19.3 Å². The summed E-state index contributed by atoms with van der Waals surface area (Å²) >= 11 is 0. The normalized spacial score (nSPS) is 14.1. The molecule has 0 amide bonds. The van der Waals surface area contributed by atoms with Gasteiger partial charge in [-0.2, -0.15) is 0 Å². The number of aromatic hydroxyl groups is 1. The summed E-state index contributed by atoms with van der Waals surface area (Å²) < 4.78 is 5.08. The molecule has 2 aromatic rings. The molecule has 24 heavy (non-hydrogen) atoms. The van der Waals surface area contributed by atoms with Crippen LogP contribution in [0.4, 0.5) is 0 Å². The molecule has 0 unspecified atom stereocenters. The number of hydrogen-bond donors (Lipinski definition) is 2. The number of aliphatic carboxylic acids is 1. The second-order valence-electron chi connectivity index (χ2n) is 5.99. The number of fused-ring (bicyclic) bond motifs is 1. The molecular weight excluding hydrogens is 304 g/mol. The first-order chi connectivity index (χ1) is 11.6. The lowest BCUT2D eigenvalue weighted by Crippen LogP contribution is -2.05. The predicted octanol–water partition coefficient (Wildman–Crippen LogP) is 3.90. The fourth-order valence-electron chi connectivity index (χ4n) is 3.12. The number of methoxy groups -OCH3 is 1. The number of carboxylic acid groups (broad SMARTS) is 1. The number of benzene rings is 2. The number of carbonyl (C=O) groups is 1. The average molecular weight is 324 g/mol. The second-order valence-corrected chi connectivity index (χ2v) is 5.99. The Hall–Kier alpha value is -2.75. The van der Waals surface area contributed by atoms with Crippen LogP contribution in [0.25, 0.3) is 11.6 Å². The molecule has 2 N–H and O–H groups in total. The number of phenols is 1. The predicted molar refractivity (Wildman–Crippen MR) is 93.2 cm³/mol. The van der Waals surface area contributed by atoms with Gasteiger partial charge in [0.05, 0.1) is 12.7 Å². The summed E-state index contributed by atoms with van der Waals surface area (Å²) in [5.74, 6) is -0.628. The number of hydrogen-bond acceptors (Lipinski definition) is 3. The zero-order chi connectivity index (χ0) is 17.1. The molecule has 1 aliphatic rings. The van der Waals surface area contributed by atoms with Gasteiger partial charge in [0.15, 0.2) is 11.5 Å². The molecular formula is C20H20O4. The standard InChI is InChI=1S/C20H20O4/c1-24-19-11-13(6-9-18(19)21)10-17(20(22)23)16-8-7-14-4-2-3-5-15(14)12-16/h6-12,21H,2-5H2,1H3,(H,22,23)/b17-10-. The van der Waals surface area contributed by atoms with Crippen LogP contribution < -0.4 is 4.74 Å². The third kappa shape index (κ3) is 3.27. The van der Waals surface area contributed by atoms with Crippen molar-refractivity contribution in [2.24, 2.45) is 0 Å². The Morgan fingerprint density at radius 2 is 1.83 bits per heavy atom. The lowest BCUT2D eigenvalue weighted by atomic mass is 9.89. The van der Waals surface area contributed by atoms with Gasteiger partial charge in [-0.1, -0.05) is 24.3 Å². The Labute approximate surface area is 141 Å². The monoisotopic (exact) mass is 324 g/mol. The Kier molecular flexibility index (Phi) is 4.56. The van der Waals surface area contributed by atoms with Gasteiger partial charge in [-0.05, 0) is 66.1 Å². The van der Waals surface area contributed by atoms with Gasteiger partial charge in [-0.25, -0.2) is 4.79 Å². The Morgan fingerprint density at radius 3 is 2.54 bits per heavy atom. The van der Waals surface area contributed by atoms with E-state index >= 15 is 0 Å². The summed E-state index contributed by atoms with van der Waals surface area (Å²) in [5, 5.41) is 19.3. The molecule has 0 saturated carbocycles. The molecule has 0 aliphatic heterocycles. The van der Waals surface area contributed by atoms with Crippen molar-refractivity contribution in [1.82, 2.24) is 0 Å². The van der Waals surface area contributed by atoms with E-state index in [1.54, 1.807) is 18.2 Å². The van der Waals surface area contributed by atoms with Crippen LogP contribution in [0.3, 0.4) is 0 Å². The Morgan fingerprint density at radius 1 is 1.08 bits per heavy atom. The zero-order valence-electron chi connectivity index (χ0n) is 13.6. The lowest BCUT2D eigenvalue weighted by molar-refractivity contribution is -0.130. The Bertz CT molecular complexity index is 805. The van der Waals surface area contributed by atoms with Crippen molar-refractivity contribution < 1.29 is 19.7 Å². The molecule has 0 bridgehead atoms. The fraction of sp³-hybridized carbons (Fsp3) is 0.250. The van der Waals surface area contributed by atoms with Crippen LogP contribution in [0.15, 0.2) is 36.4 Å². The largest absolute Gasteiger partial charge is 0.504 e. The average Bonchev–Trinajstić information content (AvgIpc) is 2.60. The molecule has 0 radical (unpaired) electrons. The first-order valence-electron chi connectivity index (χ1n) is 8.02. The zero-order valence-corrected chi connectivity index (χ0v) is 13.6. The van der Waals surface area contributed by atoms with Crippen molar-refractivity contribution >= 4 is 17.6 Å². The van der Waals surface area contributed by atoms with Crippen molar-refractivity contribution in [2.45, 2.75) is 25.7 Å². The molecule has 0 aromatic heterocycles. The summed E-state index contributed by atoms with van der Waals surface area (Å²) in [6.07, 6.45) is 6.02. The fourth-order valence-corrected chi connectivity index (χ4v) is 3.12. The van der Waals surface area contributed by atoms with E-state index < -0.39 is 5.97 Å². The van der Waals surface area contributed by atoms with Crippen molar-refractivity contribution in [3.8, 4) is 11.5 Å². The van der Waals surface area contributed by atoms with Crippen molar-refractivity contribution in [3.05, 3.63) is 58.7 Å². The van der Waals surface area contributed by atoms with Gasteiger partial charge in [0, 0.05) is 0 Å². The smallest absolute Gasteiger partial charge is 0.336 e. The van der Waals surface area contributed by atoms with Gasteiger partial charge in [0.1, 0.15) is 0 Å². The van der Waals surface area contributed by atoms with Crippen LogP contribution >= 0.6 is 0 Å². The second kappa shape index (κ2) is 6.79. The van der Waals surface area contributed by atoms with E-state index in [1.165, 1.54) is 30.7 Å². The molecule has 124 valence electrons. The molecule has 4 nitrogen and oxygen atoms in total. The van der Waals surface area contributed by atoms with Gasteiger partial charge in [0.2, 0.25) is 0 Å². The topological polar surface area (TPSA) is 66.8 Å². The molecule has 3 rings (SSSR count). The van der Waals surface area contributed by atoms with E-state index in [9.17, 15) is 15.0 Å². The highest BCUT2D eigenvalue weighted by Gasteiger charge is 2.15. The number of phenolic OH excluding ortho intramolecular Hbond substituents is 1. The van der Waals surface area contributed by atoms with Crippen LogP contribution in [-0.2, 0) is 17.6 Å². The van der Waals surface area contributed by atoms with Crippen LogP contribution in [0.5, 0.6) is 11.5 Å². The van der Waals surface area contributed by atoms with E-state index in [1.807, 2.05) is 18.2 Å². The maximum atomic E-state index is 11.7. The van der Waals surface area contributed by atoms with Gasteiger partial charge >= 0.3 is 5.97 Å². The lowest BCUT2D eigenvalue weighted by Gasteiger charge is -2.17. The van der Waals surface area contributed by atoms with E-state index in [0.29, 0.717) is 16.9 Å². The van der Waals surface area contributed by atoms with Crippen molar-refractivity contribution in [1.29, 1.82) is 0 Å². The number of rotatable bonds is 4. The molecule has 0 atom stereocenters. The van der Waals surface area contributed by atoms with Crippen LogP contribution in [0, 0.1) is 0 Å². The SMILES string of the molecule is COc1cc(/C=C(\C(=O)O)c2ccc3c(c2)CCCC3)ccc1O. The number of aryl methyl sites for hydroxylation is 2. The summed E-state index contributed by atoms with van der Waals surface area (Å²) in [7, 11) is 1.46. The van der Waals surface area contributed by atoms with E-state index in [4.69, 9.17) is 4.74 Å². The minimum atomic E-state index is -0.974. The van der Waals surface area contributed by atoms with Crippen molar-refractivity contribution in [3.63, 3.8) is 0 Å². The summed E-state index contributed by atoms with van der Waals surface area (Å²) in [6, 6.07) is 10.7. The summed E-state index contributed by atoms with van der Waals surface area (Å²) in [4.78, 5) is 11.7. The van der Waals surface area contributed by atoms with E-state index in [-0.39, 0.29) is 11.3 Å². The van der Waals surface area contributed by atoms with Crippen LogP contribution in [-0.4, -0.2) is 23.3 Å². The highest BCUT2D eigenvalue weighted by molar-refractivity contribution is 6.20. The van der Waals surface area contributed by atoms with E-state index in [2.05, 4.69) is 0 Å². The molecule has 0 spiro atoms.